The Balaban J connectivity index is 1.72. The molecule has 23 heavy (non-hydrogen) atoms. The third-order valence-corrected chi connectivity index (χ3v) is 5.01. The minimum atomic E-state index is -0.134. The minimum absolute atomic E-state index is 0.106. The van der Waals surface area contributed by atoms with E-state index in [1.807, 2.05) is 30.2 Å². The Bertz CT molecular complexity index is 777. The van der Waals surface area contributed by atoms with Gasteiger partial charge in [0.2, 0.25) is 5.91 Å². The number of imidazole rings is 1. The SMILES string of the molecule is Cc1nc2c([nH]1)CCCC2C(=O)N1CC(C)(C)c2ncccc21. The van der Waals surface area contributed by atoms with Gasteiger partial charge in [0.05, 0.1) is 23.0 Å². The molecule has 0 saturated heterocycles. The number of aromatic nitrogens is 3. The molecule has 1 atom stereocenters. The first-order chi connectivity index (χ1) is 11.0. The maximum absolute atomic E-state index is 13.3. The fraction of sp³-hybridized carbons (Fsp3) is 0.500. The highest BCUT2D eigenvalue weighted by atomic mass is 16.2. The van der Waals surface area contributed by atoms with Crippen molar-refractivity contribution in [3.8, 4) is 0 Å². The average Bonchev–Trinajstić information content (AvgIpc) is 3.03. The molecule has 0 saturated carbocycles. The first kappa shape index (κ1) is 14.4. The van der Waals surface area contributed by atoms with Crippen molar-refractivity contribution in [1.82, 2.24) is 15.0 Å². The van der Waals surface area contributed by atoms with Crippen molar-refractivity contribution >= 4 is 11.6 Å². The van der Waals surface area contributed by atoms with Crippen LogP contribution in [0.2, 0.25) is 0 Å². The quantitative estimate of drug-likeness (QED) is 0.881. The Morgan fingerprint density at radius 2 is 2.26 bits per heavy atom. The molecule has 1 unspecified atom stereocenters. The van der Waals surface area contributed by atoms with Gasteiger partial charge in [0.15, 0.2) is 0 Å². The molecule has 2 aromatic rings. The summed E-state index contributed by atoms with van der Waals surface area (Å²) in [5.74, 6) is 0.932. The number of amides is 1. The number of fused-ring (bicyclic) bond motifs is 2. The van der Waals surface area contributed by atoms with Gasteiger partial charge in [0, 0.05) is 23.9 Å². The summed E-state index contributed by atoms with van der Waals surface area (Å²) in [7, 11) is 0. The van der Waals surface area contributed by atoms with E-state index < -0.39 is 0 Å². The predicted molar refractivity (Wildman–Crippen MR) is 88.6 cm³/mol. The molecule has 4 rings (SSSR count). The van der Waals surface area contributed by atoms with Gasteiger partial charge in [-0.05, 0) is 38.3 Å². The van der Waals surface area contributed by atoms with Crippen molar-refractivity contribution in [1.29, 1.82) is 0 Å². The van der Waals surface area contributed by atoms with E-state index in [0.717, 1.165) is 47.9 Å². The number of hydrogen-bond donors (Lipinski definition) is 1. The number of aromatic amines is 1. The summed E-state index contributed by atoms with van der Waals surface area (Å²) in [6.07, 6.45) is 4.71. The molecule has 120 valence electrons. The summed E-state index contributed by atoms with van der Waals surface area (Å²) >= 11 is 0. The normalized spacial score (nSPS) is 21.9. The van der Waals surface area contributed by atoms with E-state index >= 15 is 0 Å². The van der Waals surface area contributed by atoms with Crippen molar-refractivity contribution < 1.29 is 4.79 Å². The number of hydrogen-bond acceptors (Lipinski definition) is 3. The van der Waals surface area contributed by atoms with Crippen LogP contribution in [-0.2, 0) is 16.6 Å². The summed E-state index contributed by atoms with van der Waals surface area (Å²) in [4.78, 5) is 27.6. The molecule has 1 aliphatic heterocycles. The molecule has 0 aromatic carbocycles. The summed E-state index contributed by atoms with van der Waals surface area (Å²) < 4.78 is 0. The van der Waals surface area contributed by atoms with E-state index in [2.05, 4.69) is 28.8 Å². The molecule has 3 heterocycles. The van der Waals surface area contributed by atoms with Crippen LogP contribution in [0.5, 0.6) is 0 Å². The lowest BCUT2D eigenvalue weighted by molar-refractivity contribution is -0.120. The number of carbonyl (C=O) groups excluding carboxylic acids is 1. The van der Waals surface area contributed by atoms with Gasteiger partial charge in [0.25, 0.3) is 0 Å². The molecule has 1 aliphatic carbocycles. The summed E-state index contributed by atoms with van der Waals surface area (Å²) in [5, 5.41) is 0. The standard InChI is InChI=1S/C18H22N4O/c1-11-20-13-7-4-6-12(15(13)21-11)17(23)22-10-18(2,3)16-14(22)8-5-9-19-16/h5,8-9,12H,4,6-7,10H2,1-3H3,(H,20,21). The van der Waals surface area contributed by atoms with E-state index in [4.69, 9.17) is 0 Å². The molecule has 5 heteroatoms. The van der Waals surface area contributed by atoms with Gasteiger partial charge in [-0.2, -0.15) is 0 Å². The number of nitrogens with one attached hydrogen (secondary N) is 1. The number of aryl methyl sites for hydroxylation is 2. The zero-order valence-electron chi connectivity index (χ0n) is 13.9. The van der Waals surface area contributed by atoms with Crippen molar-refractivity contribution in [3.63, 3.8) is 0 Å². The number of nitrogens with zero attached hydrogens (tertiary/aromatic N) is 3. The highest BCUT2D eigenvalue weighted by Gasteiger charge is 2.42. The lowest BCUT2D eigenvalue weighted by Crippen LogP contribution is -2.38. The van der Waals surface area contributed by atoms with Crippen LogP contribution in [0.25, 0.3) is 0 Å². The van der Waals surface area contributed by atoms with E-state index in [0.29, 0.717) is 6.54 Å². The number of pyridine rings is 1. The zero-order valence-corrected chi connectivity index (χ0v) is 13.9. The van der Waals surface area contributed by atoms with Crippen LogP contribution >= 0.6 is 0 Å². The molecule has 5 nitrogen and oxygen atoms in total. The van der Waals surface area contributed by atoms with Crippen LogP contribution in [0, 0.1) is 6.92 Å². The molecule has 0 spiro atoms. The predicted octanol–water partition coefficient (Wildman–Crippen LogP) is 2.86. The summed E-state index contributed by atoms with van der Waals surface area (Å²) in [6, 6.07) is 3.92. The van der Waals surface area contributed by atoms with E-state index in [1.54, 1.807) is 0 Å². The molecule has 1 amide bonds. The largest absolute Gasteiger partial charge is 0.346 e. The minimum Gasteiger partial charge on any atom is -0.346 e. The van der Waals surface area contributed by atoms with E-state index in [9.17, 15) is 4.79 Å². The molecule has 1 N–H and O–H groups in total. The number of H-pyrrole nitrogens is 1. The fourth-order valence-electron chi connectivity index (χ4n) is 3.97. The summed E-state index contributed by atoms with van der Waals surface area (Å²) in [5.41, 5.74) is 3.96. The Kier molecular flexibility index (Phi) is 3.08. The molecule has 0 fully saturated rings. The van der Waals surface area contributed by atoms with Crippen molar-refractivity contribution in [2.45, 2.75) is 51.4 Å². The lowest BCUT2D eigenvalue weighted by atomic mass is 9.88. The van der Waals surface area contributed by atoms with Crippen LogP contribution in [0.3, 0.4) is 0 Å². The van der Waals surface area contributed by atoms with Crippen LogP contribution in [-0.4, -0.2) is 27.4 Å². The molecular formula is C18H22N4O. The Morgan fingerprint density at radius 1 is 1.43 bits per heavy atom. The molecule has 2 aromatic heterocycles. The molecule has 0 radical (unpaired) electrons. The van der Waals surface area contributed by atoms with Crippen LogP contribution in [0.15, 0.2) is 18.3 Å². The summed E-state index contributed by atoms with van der Waals surface area (Å²) in [6.45, 7) is 6.94. The van der Waals surface area contributed by atoms with Gasteiger partial charge in [0.1, 0.15) is 5.82 Å². The molecule has 2 aliphatic rings. The maximum atomic E-state index is 13.3. The smallest absolute Gasteiger partial charge is 0.236 e. The first-order valence-electron chi connectivity index (χ1n) is 8.29. The van der Waals surface area contributed by atoms with Gasteiger partial charge in [-0.15, -0.1) is 0 Å². The van der Waals surface area contributed by atoms with E-state index in [-0.39, 0.29) is 17.2 Å². The second-order valence-corrected chi connectivity index (χ2v) is 7.31. The highest BCUT2D eigenvalue weighted by molar-refractivity contribution is 6.00. The Hall–Kier alpha value is -2.17. The van der Waals surface area contributed by atoms with Gasteiger partial charge < -0.3 is 9.88 Å². The monoisotopic (exact) mass is 310 g/mol. The van der Waals surface area contributed by atoms with Crippen molar-refractivity contribution in [2.75, 3.05) is 11.4 Å². The first-order valence-corrected chi connectivity index (χ1v) is 8.29. The average molecular weight is 310 g/mol. The third kappa shape index (κ3) is 2.18. The lowest BCUT2D eigenvalue weighted by Gasteiger charge is -2.27. The highest BCUT2D eigenvalue weighted by Crippen LogP contribution is 2.41. The van der Waals surface area contributed by atoms with Gasteiger partial charge in [-0.1, -0.05) is 13.8 Å². The van der Waals surface area contributed by atoms with Crippen molar-refractivity contribution in [3.05, 3.63) is 41.2 Å². The fourth-order valence-corrected chi connectivity index (χ4v) is 3.97. The zero-order chi connectivity index (χ0) is 16.2. The maximum Gasteiger partial charge on any atom is 0.236 e. The topological polar surface area (TPSA) is 61.9 Å². The Labute approximate surface area is 136 Å². The second kappa shape index (κ2) is 4.91. The number of carbonyl (C=O) groups is 1. The van der Waals surface area contributed by atoms with Gasteiger partial charge in [-0.3, -0.25) is 9.78 Å². The van der Waals surface area contributed by atoms with Crippen LogP contribution < -0.4 is 4.90 Å². The van der Waals surface area contributed by atoms with E-state index in [1.165, 1.54) is 0 Å². The second-order valence-electron chi connectivity index (χ2n) is 7.31. The Morgan fingerprint density at radius 3 is 3.09 bits per heavy atom. The van der Waals surface area contributed by atoms with Crippen LogP contribution in [0.1, 0.15) is 55.5 Å². The number of anilines is 1. The van der Waals surface area contributed by atoms with Gasteiger partial charge in [-0.25, -0.2) is 4.98 Å². The number of rotatable bonds is 1. The third-order valence-electron chi connectivity index (χ3n) is 5.01. The molecular weight excluding hydrogens is 288 g/mol. The van der Waals surface area contributed by atoms with Crippen molar-refractivity contribution in [2.24, 2.45) is 0 Å². The molecule has 0 bridgehead atoms. The van der Waals surface area contributed by atoms with Crippen LogP contribution in [0.4, 0.5) is 5.69 Å². The van der Waals surface area contributed by atoms with Gasteiger partial charge >= 0.3 is 0 Å².